The molecule has 0 bridgehead atoms. The molecule has 4 rings (SSSR count). The zero-order valence-electron chi connectivity index (χ0n) is 19.5. The molecule has 0 radical (unpaired) electrons. The van der Waals surface area contributed by atoms with Gasteiger partial charge in [0.1, 0.15) is 17.5 Å². The average Bonchev–Trinajstić information content (AvgIpc) is 2.84. The number of hydrogen-bond donors (Lipinski definition) is 0. The number of unbranched alkanes of at least 4 members (excludes halogenated alkanes) is 6. The second-order valence-electron chi connectivity index (χ2n) is 9.12. The third-order valence-electron chi connectivity index (χ3n) is 6.49. The summed E-state index contributed by atoms with van der Waals surface area (Å²) in [6.45, 7) is 0. The summed E-state index contributed by atoms with van der Waals surface area (Å²) in [5.41, 5.74) is 3.54. The minimum Gasteiger partial charge on any atom is -0.207 e. The van der Waals surface area contributed by atoms with E-state index in [0.717, 1.165) is 42.0 Å². The van der Waals surface area contributed by atoms with E-state index in [0.29, 0.717) is 11.1 Å². The minimum absolute atomic E-state index is 0.188. The SMILES string of the molecule is Fc1ccc(-c2ccc(CCCCCCCCCc3ccc4cc(F)ccc4c3)cc2F)cc1. The normalized spacial score (nSPS) is 11.3. The van der Waals surface area contributed by atoms with Crippen LogP contribution in [0.1, 0.15) is 56.1 Å². The van der Waals surface area contributed by atoms with Crippen LogP contribution in [0.3, 0.4) is 0 Å². The summed E-state index contributed by atoms with van der Waals surface area (Å²) >= 11 is 0. The molecule has 0 fully saturated rings. The topological polar surface area (TPSA) is 0 Å². The molecule has 0 unspecified atom stereocenters. The maximum absolute atomic E-state index is 14.5. The number of rotatable bonds is 11. The zero-order chi connectivity index (χ0) is 23.8. The van der Waals surface area contributed by atoms with E-state index < -0.39 is 0 Å². The van der Waals surface area contributed by atoms with Crippen molar-refractivity contribution in [3.8, 4) is 11.1 Å². The Morgan fingerprint density at radius 3 is 1.65 bits per heavy atom. The fourth-order valence-corrected chi connectivity index (χ4v) is 4.54. The van der Waals surface area contributed by atoms with Crippen LogP contribution in [0.15, 0.2) is 78.9 Å². The molecule has 0 saturated heterocycles. The number of benzene rings is 4. The minimum atomic E-state index is -0.315. The predicted molar refractivity (Wildman–Crippen MR) is 135 cm³/mol. The molecule has 0 aromatic heterocycles. The first kappa shape index (κ1) is 24.1. The number of fused-ring (bicyclic) bond motifs is 1. The van der Waals surface area contributed by atoms with Crippen LogP contribution in [0, 0.1) is 17.5 Å². The molecule has 0 heterocycles. The molecule has 0 amide bonds. The van der Waals surface area contributed by atoms with Crippen molar-refractivity contribution in [2.24, 2.45) is 0 Å². The molecule has 176 valence electrons. The predicted octanol–water partition coefficient (Wildman–Crippen LogP) is 9.44. The van der Waals surface area contributed by atoms with E-state index in [9.17, 15) is 13.2 Å². The Bertz CT molecular complexity index is 1210. The molecule has 0 spiro atoms. The van der Waals surface area contributed by atoms with E-state index in [2.05, 4.69) is 12.1 Å². The van der Waals surface area contributed by atoms with Gasteiger partial charge in [-0.05, 0) is 83.5 Å². The average molecular weight is 461 g/mol. The molecule has 34 heavy (non-hydrogen) atoms. The van der Waals surface area contributed by atoms with Gasteiger partial charge in [-0.25, -0.2) is 13.2 Å². The fourth-order valence-electron chi connectivity index (χ4n) is 4.54. The van der Waals surface area contributed by atoms with Crippen molar-refractivity contribution in [2.45, 2.75) is 57.8 Å². The van der Waals surface area contributed by atoms with Gasteiger partial charge < -0.3 is 0 Å². The first-order valence-corrected chi connectivity index (χ1v) is 12.3. The van der Waals surface area contributed by atoms with E-state index in [4.69, 9.17) is 0 Å². The van der Waals surface area contributed by atoms with Crippen molar-refractivity contribution in [3.63, 3.8) is 0 Å². The molecule has 0 N–H and O–H groups in total. The van der Waals surface area contributed by atoms with Gasteiger partial charge in [-0.3, -0.25) is 0 Å². The molecular weight excluding hydrogens is 429 g/mol. The van der Waals surface area contributed by atoms with Gasteiger partial charge in [0.15, 0.2) is 0 Å². The third kappa shape index (κ3) is 6.72. The van der Waals surface area contributed by atoms with Crippen LogP contribution in [0.25, 0.3) is 21.9 Å². The summed E-state index contributed by atoms with van der Waals surface area (Å²) in [7, 11) is 0. The lowest BCUT2D eigenvalue weighted by Gasteiger charge is -2.07. The Labute approximate surface area is 200 Å². The van der Waals surface area contributed by atoms with Crippen LogP contribution in [0.4, 0.5) is 13.2 Å². The highest BCUT2D eigenvalue weighted by atomic mass is 19.1. The first-order valence-electron chi connectivity index (χ1n) is 12.3. The molecule has 0 aliphatic heterocycles. The molecule has 0 atom stereocenters. The number of hydrogen-bond acceptors (Lipinski definition) is 0. The van der Waals surface area contributed by atoms with E-state index in [-0.39, 0.29) is 17.5 Å². The standard InChI is InChI=1S/C31H31F3/c32-28-16-13-25(14-17-28)30-19-11-24(21-31(30)34)9-7-5-3-1-2-4-6-8-23-10-12-27-22-29(33)18-15-26(27)20-23/h10-22H,1-9H2. The van der Waals surface area contributed by atoms with Gasteiger partial charge in [-0.2, -0.15) is 0 Å². The van der Waals surface area contributed by atoms with E-state index in [1.807, 2.05) is 18.2 Å². The highest BCUT2D eigenvalue weighted by molar-refractivity contribution is 5.83. The molecule has 0 nitrogen and oxygen atoms in total. The number of halogens is 3. The van der Waals surface area contributed by atoms with Crippen LogP contribution in [-0.2, 0) is 12.8 Å². The third-order valence-corrected chi connectivity index (χ3v) is 6.49. The zero-order valence-corrected chi connectivity index (χ0v) is 19.5. The first-order chi connectivity index (χ1) is 16.6. The van der Waals surface area contributed by atoms with Gasteiger partial charge in [0, 0.05) is 5.56 Å². The summed E-state index contributed by atoms with van der Waals surface area (Å²) in [4.78, 5) is 0. The molecule has 0 saturated carbocycles. The summed E-state index contributed by atoms with van der Waals surface area (Å²) in [5, 5.41) is 2.05. The molecule has 0 aliphatic carbocycles. The van der Waals surface area contributed by atoms with Crippen molar-refractivity contribution in [1.82, 2.24) is 0 Å². The molecule has 0 aliphatic rings. The van der Waals surface area contributed by atoms with E-state index in [1.54, 1.807) is 30.3 Å². The Hall–Kier alpha value is -3.07. The Kier molecular flexibility index (Phi) is 8.41. The number of aryl methyl sites for hydroxylation is 2. The summed E-state index contributed by atoms with van der Waals surface area (Å²) < 4.78 is 40.9. The Morgan fingerprint density at radius 1 is 0.441 bits per heavy atom. The summed E-state index contributed by atoms with van der Waals surface area (Å²) in [5.74, 6) is -0.751. The lowest BCUT2D eigenvalue weighted by Crippen LogP contribution is -1.91. The van der Waals surface area contributed by atoms with E-state index in [1.165, 1.54) is 55.9 Å². The maximum atomic E-state index is 14.5. The summed E-state index contributed by atoms with van der Waals surface area (Å²) in [6, 6.07) is 22.6. The maximum Gasteiger partial charge on any atom is 0.131 e. The molecule has 3 heteroatoms. The van der Waals surface area contributed by atoms with Crippen LogP contribution >= 0.6 is 0 Å². The Balaban J connectivity index is 1.10. The van der Waals surface area contributed by atoms with Crippen molar-refractivity contribution < 1.29 is 13.2 Å². The van der Waals surface area contributed by atoms with Gasteiger partial charge in [0.25, 0.3) is 0 Å². The molecular formula is C31H31F3. The quantitative estimate of drug-likeness (QED) is 0.196. The highest BCUT2D eigenvalue weighted by Gasteiger charge is 2.07. The van der Waals surface area contributed by atoms with Gasteiger partial charge in [0.05, 0.1) is 0 Å². The smallest absolute Gasteiger partial charge is 0.131 e. The fraction of sp³-hybridized carbons (Fsp3) is 0.290. The van der Waals surface area contributed by atoms with Gasteiger partial charge in [-0.15, -0.1) is 0 Å². The van der Waals surface area contributed by atoms with Crippen LogP contribution in [0.5, 0.6) is 0 Å². The van der Waals surface area contributed by atoms with Crippen molar-refractivity contribution in [2.75, 3.05) is 0 Å². The second kappa shape index (κ2) is 11.9. The van der Waals surface area contributed by atoms with E-state index >= 15 is 0 Å². The second-order valence-corrected chi connectivity index (χ2v) is 9.12. The lowest BCUT2D eigenvalue weighted by atomic mass is 9.99. The van der Waals surface area contributed by atoms with Crippen molar-refractivity contribution in [3.05, 3.63) is 107 Å². The summed E-state index contributed by atoms with van der Waals surface area (Å²) in [6.07, 6.45) is 10.2. The van der Waals surface area contributed by atoms with Crippen molar-refractivity contribution in [1.29, 1.82) is 0 Å². The van der Waals surface area contributed by atoms with Crippen LogP contribution < -0.4 is 0 Å². The van der Waals surface area contributed by atoms with Gasteiger partial charge in [-0.1, -0.05) is 80.6 Å². The largest absolute Gasteiger partial charge is 0.207 e. The highest BCUT2D eigenvalue weighted by Crippen LogP contribution is 2.25. The van der Waals surface area contributed by atoms with Crippen LogP contribution in [0.2, 0.25) is 0 Å². The monoisotopic (exact) mass is 460 g/mol. The van der Waals surface area contributed by atoms with Gasteiger partial charge >= 0.3 is 0 Å². The Morgan fingerprint density at radius 2 is 0.971 bits per heavy atom. The molecule has 4 aromatic rings. The van der Waals surface area contributed by atoms with Crippen LogP contribution in [-0.4, -0.2) is 0 Å². The lowest BCUT2D eigenvalue weighted by molar-refractivity contribution is 0.577. The van der Waals surface area contributed by atoms with Gasteiger partial charge in [0.2, 0.25) is 0 Å². The van der Waals surface area contributed by atoms with Crippen molar-refractivity contribution >= 4 is 10.8 Å². The molecule has 4 aromatic carbocycles.